The van der Waals surface area contributed by atoms with Crippen molar-refractivity contribution in [2.24, 2.45) is 0 Å². The van der Waals surface area contributed by atoms with Crippen molar-refractivity contribution in [2.75, 3.05) is 16.8 Å². The number of nitrogens with zero attached hydrogens (tertiary/aromatic N) is 7. The second kappa shape index (κ2) is 7.76. The molecule has 0 fully saturated rings. The van der Waals surface area contributed by atoms with E-state index in [1.165, 1.54) is 24.7 Å². The van der Waals surface area contributed by atoms with Gasteiger partial charge in [0.05, 0.1) is 30.1 Å². The predicted molar refractivity (Wildman–Crippen MR) is 108 cm³/mol. The van der Waals surface area contributed by atoms with E-state index >= 15 is 0 Å². The molecular weight excluding hydrogens is 444 g/mol. The minimum absolute atomic E-state index is 0.0216. The van der Waals surface area contributed by atoms with Crippen LogP contribution in [-0.2, 0) is 19.3 Å². The number of rotatable bonds is 3. The number of hydrogen-bond acceptors (Lipinski definition) is 7. The molecule has 5 rings (SSSR count). The van der Waals surface area contributed by atoms with Gasteiger partial charge in [-0.05, 0) is 18.2 Å². The van der Waals surface area contributed by atoms with Gasteiger partial charge in [-0.3, -0.25) is 9.78 Å². The van der Waals surface area contributed by atoms with E-state index in [4.69, 9.17) is 0 Å². The summed E-state index contributed by atoms with van der Waals surface area (Å²) < 4.78 is 53.9. The molecule has 0 saturated carbocycles. The number of hydrogen-bond donors (Lipinski definition) is 1. The molecule has 1 aliphatic rings. The molecule has 0 bridgehead atoms. The van der Waals surface area contributed by atoms with Gasteiger partial charge < -0.3 is 14.8 Å². The summed E-state index contributed by atoms with van der Waals surface area (Å²) >= 11 is 0. The molecule has 1 aromatic carbocycles. The van der Waals surface area contributed by atoms with Gasteiger partial charge in [0.25, 0.3) is 5.91 Å². The minimum atomic E-state index is -4.58. The number of alkyl halides is 3. The molecule has 0 spiro atoms. The molecule has 4 heterocycles. The van der Waals surface area contributed by atoms with Crippen molar-refractivity contribution in [3.05, 3.63) is 66.0 Å². The molecule has 9 nitrogen and oxygen atoms in total. The quantitative estimate of drug-likeness (QED) is 0.471. The Balaban J connectivity index is 1.32. The summed E-state index contributed by atoms with van der Waals surface area (Å²) in [5.41, 5.74) is 0.594. The Bertz CT molecular complexity index is 1350. The lowest BCUT2D eigenvalue weighted by atomic mass is 10.2. The molecule has 1 amide bonds. The van der Waals surface area contributed by atoms with Crippen LogP contribution in [-0.4, -0.2) is 42.2 Å². The second-order valence-electron chi connectivity index (χ2n) is 7.25. The highest BCUT2D eigenvalue weighted by molar-refractivity contribution is 6.07. The summed E-state index contributed by atoms with van der Waals surface area (Å²) in [6.07, 6.45) is -0.472. The smallest absolute Gasteiger partial charge is 0.346 e. The summed E-state index contributed by atoms with van der Waals surface area (Å²) in [5.74, 6) is -1.65. The van der Waals surface area contributed by atoms with Gasteiger partial charge in [0.1, 0.15) is 17.3 Å². The van der Waals surface area contributed by atoms with E-state index in [0.29, 0.717) is 16.7 Å². The highest BCUT2D eigenvalue weighted by Crippen LogP contribution is 2.30. The van der Waals surface area contributed by atoms with Crippen LogP contribution < -0.4 is 10.2 Å². The van der Waals surface area contributed by atoms with Crippen LogP contribution in [0, 0.1) is 5.82 Å². The first-order chi connectivity index (χ1) is 15.8. The molecule has 1 aliphatic heterocycles. The van der Waals surface area contributed by atoms with Crippen LogP contribution in [0.5, 0.6) is 0 Å². The van der Waals surface area contributed by atoms with Crippen molar-refractivity contribution < 1.29 is 22.4 Å². The molecule has 0 unspecified atom stereocenters. The third-order valence-electron chi connectivity index (χ3n) is 5.12. The lowest BCUT2D eigenvalue weighted by Crippen LogP contribution is -2.36. The molecule has 4 aromatic rings. The van der Waals surface area contributed by atoms with Gasteiger partial charge in [-0.2, -0.15) is 13.2 Å². The summed E-state index contributed by atoms with van der Waals surface area (Å²) in [5, 5.41) is 9.98. The fraction of sp³-hybridized carbons (Fsp3) is 0.200. The molecule has 0 atom stereocenters. The van der Waals surface area contributed by atoms with E-state index in [9.17, 15) is 22.4 Å². The standard InChI is InChI=1S/C20H14F4N8O/c21-12-6-11-2-1-3-25-17(11)13(7-12)28-18(33)14-8-27-15(9-26-14)31-4-5-32-16(10-31)29-30-19(32)20(22,23)24/h1-3,6-9H,4-5,10H2,(H,28,33). The highest BCUT2D eigenvalue weighted by atomic mass is 19.4. The molecule has 0 aliphatic carbocycles. The SMILES string of the molecule is O=C(Nc1cc(F)cc2cccnc12)c1cnc(N2CCn3c(nnc3C(F)(F)F)C2)cn1. The maximum Gasteiger partial charge on any atom is 0.451 e. The average Bonchev–Trinajstić information content (AvgIpc) is 3.23. The molecule has 0 radical (unpaired) electrons. The summed E-state index contributed by atoms with van der Waals surface area (Å²) in [4.78, 5) is 26.8. The van der Waals surface area contributed by atoms with Crippen molar-refractivity contribution in [1.29, 1.82) is 0 Å². The van der Waals surface area contributed by atoms with Gasteiger partial charge in [0.2, 0.25) is 5.82 Å². The number of carbonyl (C=O) groups excluding carboxylic acids is 1. The second-order valence-corrected chi connectivity index (χ2v) is 7.25. The van der Waals surface area contributed by atoms with Crippen molar-refractivity contribution >= 4 is 28.3 Å². The number of aromatic nitrogens is 6. The number of nitrogens with one attached hydrogen (secondary N) is 1. The van der Waals surface area contributed by atoms with Crippen LogP contribution in [0.3, 0.4) is 0 Å². The van der Waals surface area contributed by atoms with Crippen molar-refractivity contribution in [3.8, 4) is 0 Å². The maximum atomic E-state index is 13.9. The first kappa shape index (κ1) is 20.7. The zero-order valence-corrected chi connectivity index (χ0v) is 16.7. The Morgan fingerprint density at radius 1 is 1.06 bits per heavy atom. The Labute approximate surface area is 183 Å². The summed E-state index contributed by atoms with van der Waals surface area (Å²) in [7, 11) is 0. The Morgan fingerprint density at radius 2 is 1.91 bits per heavy atom. The van der Waals surface area contributed by atoms with Gasteiger partial charge in [-0.1, -0.05) is 6.07 Å². The van der Waals surface area contributed by atoms with Gasteiger partial charge in [0.15, 0.2) is 5.82 Å². The largest absolute Gasteiger partial charge is 0.451 e. The first-order valence-corrected chi connectivity index (χ1v) is 9.71. The third kappa shape index (κ3) is 3.92. The van der Waals surface area contributed by atoms with Gasteiger partial charge in [-0.15, -0.1) is 10.2 Å². The number of fused-ring (bicyclic) bond motifs is 2. The van der Waals surface area contributed by atoms with Crippen LogP contribution >= 0.6 is 0 Å². The third-order valence-corrected chi connectivity index (χ3v) is 5.12. The van der Waals surface area contributed by atoms with Crippen molar-refractivity contribution in [1.82, 2.24) is 29.7 Å². The van der Waals surface area contributed by atoms with E-state index < -0.39 is 23.7 Å². The minimum Gasteiger partial charge on any atom is -0.346 e. The van der Waals surface area contributed by atoms with Gasteiger partial charge >= 0.3 is 6.18 Å². The van der Waals surface area contributed by atoms with Crippen LogP contribution in [0.15, 0.2) is 42.9 Å². The normalized spacial score (nSPS) is 13.8. The first-order valence-electron chi connectivity index (χ1n) is 9.71. The fourth-order valence-electron chi connectivity index (χ4n) is 3.60. The highest BCUT2D eigenvalue weighted by Gasteiger charge is 2.39. The van der Waals surface area contributed by atoms with Gasteiger partial charge in [-0.25, -0.2) is 14.4 Å². The van der Waals surface area contributed by atoms with Gasteiger partial charge in [0, 0.05) is 24.7 Å². The van der Waals surface area contributed by atoms with Crippen LogP contribution in [0.2, 0.25) is 0 Å². The molecule has 1 N–H and O–H groups in total. The Hall–Kier alpha value is -4.16. The van der Waals surface area contributed by atoms with E-state index in [1.807, 2.05) is 0 Å². The van der Waals surface area contributed by atoms with Crippen molar-refractivity contribution in [2.45, 2.75) is 19.3 Å². The number of benzene rings is 1. The lowest BCUT2D eigenvalue weighted by molar-refractivity contribution is -0.147. The predicted octanol–water partition coefficient (Wildman–Crippen LogP) is 3.05. The van der Waals surface area contributed by atoms with E-state index in [-0.39, 0.29) is 36.8 Å². The van der Waals surface area contributed by atoms with E-state index in [1.54, 1.807) is 17.0 Å². The number of halogens is 4. The molecule has 0 saturated heterocycles. The topological polar surface area (TPSA) is 102 Å². The molecule has 168 valence electrons. The molecular formula is C20H14F4N8O. The average molecular weight is 458 g/mol. The maximum absolute atomic E-state index is 13.9. The van der Waals surface area contributed by atoms with Crippen LogP contribution in [0.1, 0.15) is 22.1 Å². The van der Waals surface area contributed by atoms with Crippen LogP contribution in [0.25, 0.3) is 10.9 Å². The summed E-state index contributed by atoms with van der Waals surface area (Å²) in [6, 6.07) is 5.80. The molecule has 13 heteroatoms. The van der Waals surface area contributed by atoms with E-state index in [0.717, 1.165) is 10.6 Å². The number of carbonyl (C=O) groups is 1. The number of pyridine rings is 1. The zero-order chi connectivity index (χ0) is 23.2. The van der Waals surface area contributed by atoms with Crippen LogP contribution in [0.4, 0.5) is 29.1 Å². The molecule has 3 aromatic heterocycles. The van der Waals surface area contributed by atoms with Crippen molar-refractivity contribution in [3.63, 3.8) is 0 Å². The number of anilines is 2. The summed E-state index contributed by atoms with van der Waals surface area (Å²) in [6.45, 7) is 0.320. The lowest BCUT2D eigenvalue weighted by Gasteiger charge is -2.28. The Kier molecular flexibility index (Phi) is 4.87. The van der Waals surface area contributed by atoms with E-state index in [2.05, 4.69) is 30.5 Å². The Morgan fingerprint density at radius 3 is 2.67 bits per heavy atom. The molecule has 33 heavy (non-hydrogen) atoms. The zero-order valence-electron chi connectivity index (χ0n) is 16.7. The number of amides is 1. The fourth-order valence-corrected chi connectivity index (χ4v) is 3.60. The monoisotopic (exact) mass is 458 g/mol.